The number of hydrogen-bond acceptors (Lipinski definition) is 5. The first-order chi connectivity index (χ1) is 13.6. The van der Waals surface area contributed by atoms with E-state index in [0.717, 1.165) is 0 Å². The third-order valence-electron chi connectivity index (χ3n) is 4.73. The molecule has 1 fully saturated rings. The molecule has 0 aromatic carbocycles. The van der Waals surface area contributed by atoms with Crippen LogP contribution in [0.15, 0.2) is 18.7 Å². The summed E-state index contributed by atoms with van der Waals surface area (Å²) in [5.74, 6) is -1.22. The van der Waals surface area contributed by atoms with E-state index in [2.05, 4.69) is 11.7 Å². The zero-order valence-corrected chi connectivity index (χ0v) is 16.1. The maximum absolute atomic E-state index is 13.1. The Bertz CT molecular complexity index is 792. The third kappa shape index (κ3) is 4.92. The molecular weight excluding hydrogens is 416 g/mol. The molecule has 0 saturated carbocycles. The van der Waals surface area contributed by atoms with Crippen LogP contribution in [0.5, 0.6) is 0 Å². The van der Waals surface area contributed by atoms with Gasteiger partial charge in [0.1, 0.15) is 30.0 Å². The van der Waals surface area contributed by atoms with E-state index in [0.29, 0.717) is 10.7 Å². The van der Waals surface area contributed by atoms with Gasteiger partial charge >= 0.3 is 5.97 Å². The van der Waals surface area contributed by atoms with Crippen LogP contribution >= 0.6 is 12.2 Å². The van der Waals surface area contributed by atoms with E-state index >= 15 is 0 Å². The largest absolute Gasteiger partial charge is 0.461 e. The summed E-state index contributed by atoms with van der Waals surface area (Å²) in [5, 5.41) is 3.40. The highest BCUT2D eigenvalue weighted by atomic mass is 32.1. The lowest BCUT2D eigenvalue weighted by molar-refractivity contribution is -0.154. The fourth-order valence-electron chi connectivity index (χ4n) is 3.05. The molecule has 0 bridgehead atoms. The maximum atomic E-state index is 13.1. The van der Waals surface area contributed by atoms with Gasteiger partial charge in [0.2, 0.25) is 5.91 Å². The van der Waals surface area contributed by atoms with Crippen molar-refractivity contribution >= 4 is 29.1 Å². The van der Waals surface area contributed by atoms with Gasteiger partial charge in [0.25, 0.3) is 12.9 Å². The number of alkyl halides is 4. The van der Waals surface area contributed by atoms with Crippen LogP contribution in [0.4, 0.5) is 17.6 Å². The van der Waals surface area contributed by atoms with Crippen LogP contribution in [0.1, 0.15) is 37.1 Å². The Labute approximate surface area is 169 Å². The Kier molecular flexibility index (Phi) is 7.33. The van der Waals surface area contributed by atoms with Crippen molar-refractivity contribution in [3.63, 3.8) is 0 Å². The molecule has 0 aliphatic carbocycles. The Morgan fingerprint density at radius 1 is 1.31 bits per heavy atom. The van der Waals surface area contributed by atoms with Crippen molar-refractivity contribution in [2.45, 2.75) is 32.2 Å². The van der Waals surface area contributed by atoms with Crippen molar-refractivity contribution in [2.75, 3.05) is 19.7 Å². The lowest BCUT2D eigenvalue weighted by atomic mass is 9.78. The fraction of sp³-hybridized carbons (Fsp3) is 0.529. The van der Waals surface area contributed by atoms with E-state index in [1.807, 2.05) is 0 Å². The summed E-state index contributed by atoms with van der Waals surface area (Å²) in [7, 11) is 0. The summed E-state index contributed by atoms with van der Waals surface area (Å²) in [5.41, 5.74) is 2.90. The first-order valence-corrected chi connectivity index (χ1v) is 9.03. The number of rotatable bonds is 8. The molecule has 0 unspecified atom stereocenters. The average molecular weight is 436 g/mol. The third-order valence-corrected chi connectivity index (χ3v) is 5.12. The summed E-state index contributed by atoms with van der Waals surface area (Å²) < 4.78 is 57.3. The highest BCUT2D eigenvalue weighted by molar-refractivity contribution is 7.80. The second-order valence-corrected chi connectivity index (χ2v) is 6.91. The van der Waals surface area contributed by atoms with E-state index in [-0.39, 0.29) is 37.5 Å². The van der Waals surface area contributed by atoms with Gasteiger partial charge in [-0.2, -0.15) is 5.10 Å². The number of esters is 1. The smallest absolute Gasteiger partial charge is 0.319 e. The number of carbonyl (C=O) groups excluding carboxylic acids is 2. The predicted molar refractivity (Wildman–Crippen MR) is 98.3 cm³/mol. The van der Waals surface area contributed by atoms with Crippen LogP contribution in [0.3, 0.4) is 0 Å². The molecule has 12 heteroatoms. The lowest BCUT2D eigenvalue weighted by Gasteiger charge is -2.39. The van der Waals surface area contributed by atoms with Crippen molar-refractivity contribution in [3.8, 4) is 0 Å². The Hall–Kier alpha value is -2.50. The van der Waals surface area contributed by atoms with E-state index in [4.69, 9.17) is 22.7 Å². The van der Waals surface area contributed by atoms with Gasteiger partial charge in [0.05, 0.1) is 4.99 Å². The number of likely N-dealkylation sites (tertiary alicyclic amines) is 1. The van der Waals surface area contributed by atoms with Gasteiger partial charge in [-0.3, -0.25) is 14.3 Å². The first-order valence-electron chi connectivity index (χ1n) is 8.62. The molecule has 2 rings (SSSR count). The molecular formula is C17H20F4N4O3S. The van der Waals surface area contributed by atoms with Gasteiger partial charge in [-0.25, -0.2) is 17.6 Å². The van der Waals surface area contributed by atoms with Crippen molar-refractivity contribution in [1.82, 2.24) is 14.7 Å². The number of piperidine rings is 1. The van der Waals surface area contributed by atoms with Gasteiger partial charge in [-0.05, 0) is 18.9 Å². The molecule has 1 aromatic rings. The molecule has 1 aliphatic rings. The second-order valence-electron chi connectivity index (χ2n) is 6.47. The number of nitrogens with zero attached hydrogens (tertiary/aromatic N) is 3. The minimum absolute atomic E-state index is 0.0198. The summed E-state index contributed by atoms with van der Waals surface area (Å²) in [6.45, 7) is 2.92. The topological polar surface area (TPSA) is 90.5 Å². The minimum atomic E-state index is -3.06. The first kappa shape index (κ1) is 22.8. The summed E-state index contributed by atoms with van der Waals surface area (Å²) >= 11 is 5.02. The lowest BCUT2D eigenvalue weighted by Crippen LogP contribution is -2.53. The van der Waals surface area contributed by atoms with E-state index in [1.165, 1.54) is 11.0 Å². The van der Waals surface area contributed by atoms with Crippen LogP contribution in [0.25, 0.3) is 0 Å². The molecule has 1 saturated heterocycles. The van der Waals surface area contributed by atoms with Crippen LogP contribution in [-0.2, 0) is 20.9 Å². The molecule has 1 aliphatic heterocycles. The maximum Gasteiger partial charge on any atom is 0.319 e. The Balaban J connectivity index is 2.09. The van der Waals surface area contributed by atoms with Crippen LogP contribution in [0, 0.1) is 5.41 Å². The normalized spacial score (nSPS) is 16.1. The number of halogens is 4. The molecule has 0 radical (unpaired) electrons. The molecule has 160 valence electrons. The summed E-state index contributed by atoms with van der Waals surface area (Å²) in [4.78, 5) is 26.1. The van der Waals surface area contributed by atoms with E-state index in [1.54, 1.807) is 0 Å². The van der Waals surface area contributed by atoms with Crippen LogP contribution in [-0.4, -0.2) is 51.2 Å². The zero-order valence-electron chi connectivity index (χ0n) is 15.3. The summed E-state index contributed by atoms with van der Waals surface area (Å²) in [6, 6.07) is 0.576. The van der Waals surface area contributed by atoms with E-state index in [9.17, 15) is 27.2 Å². The second kappa shape index (κ2) is 9.33. The number of thiocarbonyl (C=S) groups is 1. The van der Waals surface area contributed by atoms with Crippen LogP contribution in [0.2, 0.25) is 0 Å². The number of hydrogen-bond donors (Lipinski definition) is 1. The Morgan fingerprint density at radius 3 is 2.41 bits per heavy atom. The van der Waals surface area contributed by atoms with Gasteiger partial charge in [-0.1, -0.05) is 24.9 Å². The van der Waals surface area contributed by atoms with Crippen molar-refractivity contribution < 1.29 is 31.9 Å². The Morgan fingerprint density at radius 2 is 1.93 bits per heavy atom. The van der Waals surface area contributed by atoms with Gasteiger partial charge in [0, 0.05) is 13.1 Å². The molecule has 1 aromatic heterocycles. The van der Waals surface area contributed by atoms with Gasteiger partial charge in [0.15, 0.2) is 0 Å². The molecule has 2 N–H and O–H groups in total. The molecule has 2 heterocycles. The minimum Gasteiger partial charge on any atom is -0.461 e. The van der Waals surface area contributed by atoms with Crippen LogP contribution < -0.4 is 5.73 Å². The van der Waals surface area contributed by atoms with Gasteiger partial charge in [-0.15, -0.1) is 0 Å². The standard InChI is InChI=1S/C17H20F4N4O3S/c1-2-7-28-16(27)17(15(22)29)3-5-24(6-4-17)12(26)9-25-11(14(20)21)8-10(23-25)13(18)19/h2,8,13-14H,1,3-7,9H2,(H2,22,29). The number of ether oxygens (including phenoxy) is 1. The van der Waals surface area contributed by atoms with Crippen molar-refractivity contribution in [3.05, 3.63) is 30.1 Å². The molecule has 0 atom stereocenters. The monoisotopic (exact) mass is 436 g/mol. The quantitative estimate of drug-likeness (QED) is 0.291. The number of carbonyl (C=O) groups is 2. The highest BCUT2D eigenvalue weighted by Crippen LogP contribution is 2.34. The average Bonchev–Trinajstić information content (AvgIpc) is 3.10. The predicted octanol–water partition coefficient (Wildman–Crippen LogP) is 2.38. The highest BCUT2D eigenvalue weighted by Gasteiger charge is 2.46. The molecule has 0 spiro atoms. The fourth-order valence-corrected chi connectivity index (χ4v) is 3.34. The number of amides is 1. The number of aromatic nitrogens is 2. The van der Waals surface area contributed by atoms with Gasteiger partial charge < -0.3 is 15.4 Å². The zero-order chi connectivity index (χ0) is 21.8. The van der Waals surface area contributed by atoms with Crippen molar-refractivity contribution in [1.29, 1.82) is 0 Å². The summed E-state index contributed by atoms with van der Waals surface area (Å²) in [6.07, 6.45) is -4.53. The van der Waals surface area contributed by atoms with Crippen molar-refractivity contribution in [2.24, 2.45) is 11.1 Å². The SMILES string of the molecule is C=CCOC(=O)C1(C(N)=S)CCN(C(=O)Cn2nc(C(F)F)cc2C(F)F)CC1. The molecule has 7 nitrogen and oxygen atoms in total. The molecule has 29 heavy (non-hydrogen) atoms. The molecule has 1 amide bonds. The number of nitrogens with two attached hydrogens (primary N) is 1. The van der Waals surface area contributed by atoms with E-state index < -0.39 is 48.1 Å².